The summed E-state index contributed by atoms with van der Waals surface area (Å²) in [6, 6.07) is 12.3. The monoisotopic (exact) mass is 363 g/mol. The van der Waals surface area contributed by atoms with Crippen LogP contribution in [0.15, 0.2) is 58.7 Å². The number of hydrogen-bond donors (Lipinski definition) is 1. The molecule has 1 atom stereocenters. The number of anilines is 3. The molecule has 1 unspecified atom stereocenters. The Labute approximate surface area is 157 Å². The first-order chi connectivity index (χ1) is 12.8. The molecule has 1 aromatic carbocycles. The van der Waals surface area contributed by atoms with Crippen molar-refractivity contribution in [3.8, 4) is 0 Å². The van der Waals surface area contributed by atoms with E-state index in [9.17, 15) is 0 Å². The van der Waals surface area contributed by atoms with E-state index in [2.05, 4.69) is 39.2 Å². The summed E-state index contributed by atoms with van der Waals surface area (Å²) >= 11 is 1.79. The number of fused-ring (bicyclic) bond motifs is 1. The minimum absolute atomic E-state index is 0.0734. The molecule has 4 heterocycles. The van der Waals surface area contributed by atoms with E-state index in [0.29, 0.717) is 0 Å². The first-order valence-corrected chi connectivity index (χ1v) is 9.93. The van der Waals surface area contributed by atoms with E-state index in [-0.39, 0.29) is 5.37 Å². The molecule has 2 aromatic rings. The highest BCUT2D eigenvalue weighted by Gasteiger charge is 2.29. The zero-order valence-corrected chi connectivity index (χ0v) is 15.3. The molecule has 26 heavy (non-hydrogen) atoms. The summed E-state index contributed by atoms with van der Waals surface area (Å²) < 4.78 is 0. The topological polar surface area (TPSA) is 57.8 Å². The summed E-state index contributed by atoms with van der Waals surface area (Å²) in [4.78, 5) is 15.4. The molecule has 0 bridgehead atoms. The average molecular weight is 363 g/mol. The number of aliphatic imine (C=N–C) groups is 1. The van der Waals surface area contributed by atoms with Crippen molar-refractivity contribution in [2.24, 2.45) is 4.99 Å². The number of allylic oxidation sites excluding steroid dienone is 1. The maximum Gasteiger partial charge on any atom is 0.128 e. The van der Waals surface area contributed by atoms with Gasteiger partial charge in [-0.2, -0.15) is 0 Å². The number of thioether (sulfide) groups is 1. The van der Waals surface area contributed by atoms with Crippen molar-refractivity contribution in [3.05, 3.63) is 59.3 Å². The summed E-state index contributed by atoms with van der Waals surface area (Å²) in [6.07, 6.45) is 6.43. The zero-order chi connectivity index (χ0) is 17.5. The molecule has 132 valence electrons. The molecule has 0 spiro atoms. The van der Waals surface area contributed by atoms with Gasteiger partial charge >= 0.3 is 0 Å². The van der Waals surface area contributed by atoms with Gasteiger partial charge in [0.1, 0.15) is 11.2 Å². The molecule has 1 fully saturated rings. The van der Waals surface area contributed by atoms with Crippen molar-refractivity contribution in [1.82, 2.24) is 4.98 Å². The number of nitrogen functional groups attached to an aromatic ring is 1. The molecule has 0 saturated carbocycles. The van der Waals surface area contributed by atoms with Gasteiger partial charge < -0.3 is 15.5 Å². The molecule has 3 aliphatic rings. The highest BCUT2D eigenvalue weighted by atomic mass is 32.2. The van der Waals surface area contributed by atoms with Gasteiger partial charge in [-0.1, -0.05) is 30.0 Å². The number of nitrogens with zero attached hydrogens (tertiary/aromatic N) is 4. The number of rotatable bonds is 3. The Bertz CT molecular complexity index is 885. The quantitative estimate of drug-likeness (QED) is 0.841. The molecule has 1 saturated heterocycles. The second-order valence-electron chi connectivity index (χ2n) is 6.83. The SMILES string of the molecule is Nc1ccccc1C1N=C2CCN(c3ccc(N4CCC4)nc3)C=C2S1. The van der Waals surface area contributed by atoms with Crippen LogP contribution in [0.25, 0.3) is 0 Å². The smallest absolute Gasteiger partial charge is 0.128 e. The number of benzene rings is 1. The van der Waals surface area contributed by atoms with Crippen molar-refractivity contribution in [2.45, 2.75) is 18.2 Å². The maximum atomic E-state index is 6.14. The Kier molecular flexibility index (Phi) is 3.85. The average Bonchev–Trinajstić information content (AvgIpc) is 3.04. The van der Waals surface area contributed by atoms with Crippen LogP contribution < -0.4 is 15.5 Å². The van der Waals surface area contributed by atoms with Gasteiger partial charge in [-0.15, -0.1) is 0 Å². The van der Waals surface area contributed by atoms with Crippen molar-refractivity contribution in [1.29, 1.82) is 0 Å². The molecule has 2 N–H and O–H groups in total. The van der Waals surface area contributed by atoms with Gasteiger partial charge in [0.2, 0.25) is 0 Å². The van der Waals surface area contributed by atoms with Crippen molar-refractivity contribution in [2.75, 3.05) is 35.2 Å². The highest BCUT2D eigenvalue weighted by molar-refractivity contribution is 8.04. The molecule has 0 aliphatic carbocycles. The van der Waals surface area contributed by atoms with E-state index < -0.39 is 0 Å². The van der Waals surface area contributed by atoms with Crippen LogP contribution in [0.2, 0.25) is 0 Å². The molecule has 3 aliphatic heterocycles. The van der Waals surface area contributed by atoms with Crippen molar-refractivity contribution >= 4 is 34.7 Å². The van der Waals surface area contributed by atoms with Crippen LogP contribution in [-0.2, 0) is 0 Å². The first kappa shape index (κ1) is 15.8. The number of nitrogens with two attached hydrogens (primary N) is 1. The van der Waals surface area contributed by atoms with Crippen LogP contribution in [0.1, 0.15) is 23.8 Å². The Hall–Kier alpha value is -2.47. The van der Waals surface area contributed by atoms with Crippen LogP contribution in [0, 0.1) is 0 Å². The molecule has 5 rings (SSSR count). The van der Waals surface area contributed by atoms with Crippen LogP contribution in [0.5, 0.6) is 0 Å². The van der Waals surface area contributed by atoms with Crippen molar-refractivity contribution in [3.63, 3.8) is 0 Å². The normalized spacial score (nSPS) is 21.8. The maximum absolute atomic E-state index is 6.14. The summed E-state index contributed by atoms with van der Waals surface area (Å²) in [6.45, 7) is 3.19. The fourth-order valence-corrected chi connectivity index (χ4v) is 4.74. The van der Waals surface area contributed by atoms with Gasteiger partial charge in [-0.3, -0.25) is 4.99 Å². The number of pyridine rings is 1. The van der Waals surface area contributed by atoms with Gasteiger partial charge in [-0.05, 0) is 24.6 Å². The van der Waals surface area contributed by atoms with Crippen molar-refractivity contribution < 1.29 is 0 Å². The summed E-state index contributed by atoms with van der Waals surface area (Å²) in [5.74, 6) is 1.08. The fourth-order valence-electron chi connectivity index (χ4n) is 3.50. The summed E-state index contributed by atoms with van der Waals surface area (Å²) in [7, 11) is 0. The summed E-state index contributed by atoms with van der Waals surface area (Å²) in [5, 5.41) is 0.0734. The Morgan fingerprint density at radius 2 is 1.96 bits per heavy atom. The molecule has 1 aromatic heterocycles. The Balaban J connectivity index is 1.36. The van der Waals surface area contributed by atoms with Gasteiger partial charge in [-0.25, -0.2) is 4.98 Å². The van der Waals surface area contributed by atoms with Crippen LogP contribution in [0.3, 0.4) is 0 Å². The highest BCUT2D eigenvalue weighted by Crippen LogP contribution is 2.46. The standard InChI is InChI=1S/C20H21N5S/c21-16-5-2-1-4-15(16)20-23-17-8-11-25(13-18(17)26-20)14-6-7-19(22-12-14)24-9-3-10-24/h1-2,4-7,12-13,20H,3,8-11,21H2. The van der Waals surface area contributed by atoms with Gasteiger partial charge in [0.25, 0.3) is 0 Å². The third-order valence-electron chi connectivity index (χ3n) is 5.16. The lowest BCUT2D eigenvalue weighted by molar-refractivity contribution is 0.610. The molecular weight excluding hydrogens is 342 g/mol. The fraction of sp³-hybridized carbons (Fsp3) is 0.300. The summed E-state index contributed by atoms with van der Waals surface area (Å²) in [5.41, 5.74) is 10.4. The Morgan fingerprint density at radius 3 is 2.69 bits per heavy atom. The molecule has 0 radical (unpaired) electrons. The Morgan fingerprint density at radius 1 is 1.08 bits per heavy atom. The van der Waals surface area contributed by atoms with E-state index in [1.54, 1.807) is 11.8 Å². The van der Waals surface area contributed by atoms with Crippen LogP contribution in [-0.4, -0.2) is 30.3 Å². The van der Waals surface area contributed by atoms with Crippen LogP contribution >= 0.6 is 11.8 Å². The number of para-hydroxylation sites is 1. The van der Waals surface area contributed by atoms with E-state index in [1.165, 1.54) is 17.0 Å². The van der Waals surface area contributed by atoms with E-state index in [1.807, 2.05) is 24.4 Å². The predicted molar refractivity (Wildman–Crippen MR) is 110 cm³/mol. The van der Waals surface area contributed by atoms with E-state index in [4.69, 9.17) is 10.7 Å². The number of hydrogen-bond acceptors (Lipinski definition) is 6. The largest absolute Gasteiger partial charge is 0.398 e. The van der Waals surface area contributed by atoms with E-state index >= 15 is 0 Å². The number of aromatic nitrogens is 1. The third-order valence-corrected chi connectivity index (χ3v) is 6.34. The van der Waals surface area contributed by atoms with Gasteiger partial charge in [0.15, 0.2) is 0 Å². The molecule has 6 heteroatoms. The lowest BCUT2D eigenvalue weighted by Crippen LogP contribution is -2.37. The molecular formula is C20H21N5S. The second-order valence-corrected chi connectivity index (χ2v) is 7.95. The lowest BCUT2D eigenvalue weighted by atomic mass is 10.1. The molecule has 5 nitrogen and oxygen atoms in total. The minimum atomic E-state index is 0.0734. The zero-order valence-electron chi connectivity index (χ0n) is 14.5. The van der Waals surface area contributed by atoms with Gasteiger partial charge in [0.05, 0.1) is 17.6 Å². The third kappa shape index (κ3) is 2.74. The minimum Gasteiger partial charge on any atom is -0.398 e. The lowest BCUT2D eigenvalue weighted by Gasteiger charge is -2.32. The second kappa shape index (κ2) is 6.36. The first-order valence-electron chi connectivity index (χ1n) is 9.05. The van der Waals surface area contributed by atoms with Gasteiger partial charge in [0, 0.05) is 48.4 Å². The molecule has 0 amide bonds. The predicted octanol–water partition coefficient (Wildman–Crippen LogP) is 3.81. The van der Waals surface area contributed by atoms with Crippen LogP contribution in [0.4, 0.5) is 17.2 Å². The van der Waals surface area contributed by atoms with E-state index in [0.717, 1.165) is 48.8 Å².